The lowest BCUT2D eigenvalue weighted by molar-refractivity contribution is 0.630. The summed E-state index contributed by atoms with van der Waals surface area (Å²) in [6.07, 6.45) is 3.05. The maximum absolute atomic E-state index is 11.5. The molecule has 0 aliphatic heterocycles. The van der Waals surface area contributed by atoms with Gasteiger partial charge < -0.3 is 5.73 Å². The molecule has 2 N–H and O–H groups in total. The molecule has 0 saturated heterocycles. The number of rotatable bonds is 6. The highest BCUT2D eigenvalue weighted by atomic mass is 32.2. The zero-order chi connectivity index (χ0) is 9.56. The van der Waals surface area contributed by atoms with Crippen LogP contribution < -0.4 is 5.73 Å². The lowest BCUT2D eigenvalue weighted by Crippen LogP contribution is -2.30. The summed E-state index contributed by atoms with van der Waals surface area (Å²) in [5.41, 5.74) is 5.78. The van der Waals surface area contributed by atoms with Gasteiger partial charge in [-0.3, -0.25) is 4.21 Å². The molecule has 0 radical (unpaired) electrons. The molecule has 3 atom stereocenters. The maximum Gasteiger partial charge on any atom is 0.0389 e. The van der Waals surface area contributed by atoms with Crippen LogP contribution in [0.1, 0.15) is 40.0 Å². The molecule has 0 saturated carbocycles. The van der Waals surface area contributed by atoms with Crippen LogP contribution in [0.5, 0.6) is 0 Å². The second kappa shape index (κ2) is 6.61. The number of hydrogen-bond donors (Lipinski definition) is 1. The lowest BCUT2D eigenvalue weighted by atomic mass is 10.2. The van der Waals surface area contributed by atoms with Gasteiger partial charge in [-0.1, -0.05) is 27.2 Å². The predicted octanol–water partition coefficient (Wildman–Crippen LogP) is 1.66. The lowest BCUT2D eigenvalue weighted by Gasteiger charge is -2.13. The minimum atomic E-state index is -0.721. The van der Waals surface area contributed by atoms with Gasteiger partial charge in [0, 0.05) is 27.8 Å². The summed E-state index contributed by atoms with van der Waals surface area (Å²) in [6.45, 7) is 6.19. The van der Waals surface area contributed by atoms with Gasteiger partial charge in [0.15, 0.2) is 0 Å². The van der Waals surface area contributed by atoms with E-state index in [0.717, 1.165) is 19.3 Å². The maximum atomic E-state index is 11.5. The SMILES string of the molecule is CCCC(N)CS(=O)C(C)CC. The molecule has 3 unspecified atom stereocenters. The van der Waals surface area contributed by atoms with E-state index in [1.54, 1.807) is 0 Å². The van der Waals surface area contributed by atoms with Crippen molar-refractivity contribution >= 4 is 10.8 Å². The Labute approximate surface area is 78.4 Å². The third-order valence-electron chi connectivity index (χ3n) is 2.06. The number of nitrogens with two attached hydrogens (primary N) is 1. The Hall–Kier alpha value is 0.110. The van der Waals surface area contributed by atoms with Crippen molar-refractivity contribution < 1.29 is 4.21 Å². The van der Waals surface area contributed by atoms with Crippen molar-refractivity contribution in [1.29, 1.82) is 0 Å². The Morgan fingerprint density at radius 1 is 1.42 bits per heavy atom. The van der Waals surface area contributed by atoms with E-state index in [1.165, 1.54) is 0 Å². The van der Waals surface area contributed by atoms with Crippen molar-refractivity contribution in [3.63, 3.8) is 0 Å². The average molecular weight is 191 g/mol. The van der Waals surface area contributed by atoms with E-state index in [4.69, 9.17) is 5.73 Å². The average Bonchev–Trinajstić information content (AvgIpc) is 2.03. The molecule has 3 heteroatoms. The first kappa shape index (κ1) is 12.1. The van der Waals surface area contributed by atoms with Crippen LogP contribution in [-0.4, -0.2) is 21.3 Å². The van der Waals surface area contributed by atoms with E-state index in [0.29, 0.717) is 11.0 Å². The van der Waals surface area contributed by atoms with Gasteiger partial charge in [-0.2, -0.15) is 0 Å². The van der Waals surface area contributed by atoms with Gasteiger partial charge in [-0.05, 0) is 12.8 Å². The zero-order valence-electron chi connectivity index (χ0n) is 8.38. The molecule has 2 nitrogen and oxygen atoms in total. The molecule has 12 heavy (non-hydrogen) atoms. The second-order valence-electron chi connectivity index (χ2n) is 3.32. The minimum Gasteiger partial charge on any atom is -0.327 e. The Bertz CT molecular complexity index is 138. The summed E-state index contributed by atoms with van der Waals surface area (Å²) in [5.74, 6) is 0.669. The molecular weight excluding hydrogens is 170 g/mol. The predicted molar refractivity (Wildman–Crippen MR) is 55.6 cm³/mol. The Morgan fingerprint density at radius 3 is 2.42 bits per heavy atom. The summed E-state index contributed by atoms with van der Waals surface area (Å²) in [4.78, 5) is 0. The van der Waals surface area contributed by atoms with Crippen LogP contribution in [0.3, 0.4) is 0 Å². The van der Waals surface area contributed by atoms with Gasteiger partial charge in [0.05, 0.1) is 0 Å². The third-order valence-corrected chi connectivity index (χ3v) is 4.05. The fourth-order valence-electron chi connectivity index (χ4n) is 1.02. The topological polar surface area (TPSA) is 43.1 Å². The van der Waals surface area contributed by atoms with Gasteiger partial charge in [-0.15, -0.1) is 0 Å². The molecule has 0 aliphatic carbocycles. The summed E-state index contributed by atoms with van der Waals surface area (Å²) in [7, 11) is -0.721. The molecule has 0 heterocycles. The molecule has 0 aromatic carbocycles. The van der Waals surface area contributed by atoms with E-state index in [-0.39, 0.29) is 6.04 Å². The van der Waals surface area contributed by atoms with Crippen molar-refractivity contribution in [3.05, 3.63) is 0 Å². The van der Waals surface area contributed by atoms with Gasteiger partial charge in [0.25, 0.3) is 0 Å². The first-order valence-corrected chi connectivity index (χ1v) is 6.12. The van der Waals surface area contributed by atoms with Gasteiger partial charge in [-0.25, -0.2) is 0 Å². The van der Waals surface area contributed by atoms with Crippen LogP contribution >= 0.6 is 0 Å². The van der Waals surface area contributed by atoms with Crippen LogP contribution in [0.4, 0.5) is 0 Å². The number of hydrogen-bond acceptors (Lipinski definition) is 2. The molecule has 0 fully saturated rings. The summed E-state index contributed by atoms with van der Waals surface area (Å²) >= 11 is 0. The van der Waals surface area contributed by atoms with Gasteiger partial charge >= 0.3 is 0 Å². The molecule has 0 aromatic heterocycles. The normalized spacial score (nSPS) is 18.7. The highest BCUT2D eigenvalue weighted by Gasteiger charge is 2.12. The monoisotopic (exact) mass is 191 g/mol. The van der Waals surface area contributed by atoms with Gasteiger partial charge in [0.2, 0.25) is 0 Å². The van der Waals surface area contributed by atoms with Crippen LogP contribution in [0.2, 0.25) is 0 Å². The van der Waals surface area contributed by atoms with E-state index in [1.807, 2.05) is 6.92 Å². The highest BCUT2D eigenvalue weighted by molar-refractivity contribution is 7.85. The van der Waals surface area contributed by atoms with E-state index < -0.39 is 10.8 Å². The summed E-state index contributed by atoms with van der Waals surface area (Å²) in [6, 6.07) is 0.129. The van der Waals surface area contributed by atoms with Crippen LogP contribution in [-0.2, 0) is 10.8 Å². The molecule has 0 rings (SSSR count). The smallest absolute Gasteiger partial charge is 0.0389 e. The minimum absolute atomic E-state index is 0.129. The van der Waals surface area contributed by atoms with Gasteiger partial charge in [0.1, 0.15) is 0 Å². The van der Waals surface area contributed by atoms with Crippen molar-refractivity contribution in [1.82, 2.24) is 0 Å². The Morgan fingerprint density at radius 2 is 2.00 bits per heavy atom. The van der Waals surface area contributed by atoms with Crippen LogP contribution in [0.25, 0.3) is 0 Å². The van der Waals surface area contributed by atoms with Crippen molar-refractivity contribution in [2.45, 2.75) is 51.3 Å². The van der Waals surface area contributed by atoms with Crippen molar-refractivity contribution in [2.24, 2.45) is 5.73 Å². The molecular formula is C9H21NOS. The molecule has 0 spiro atoms. The highest BCUT2D eigenvalue weighted by Crippen LogP contribution is 2.04. The quantitative estimate of drug-likeness (QED) is 0.694. The van der Waals surface area contributed by atoms with E-state index in [2.05, 4.69) is 13.8 Å². The van der Waals surface area contributed by atoms with E-state index in [9.17, 15) is 4.21 Å². The molecule has 0 aliphatic rings. The summed E-state index contributed by atoms with van der Waals surface area (Å²) in [5, 5.41) is 0.299. The van der Waals surface area contributed by atoms with Crippen LogP contribution in [0, 0.1) is 0 Å². The molecule has 74 valence electrons. The molecule has 0 bridgehead atoms. The fraction of sp³-hybridized carbons (Fsp3) is 1.00. The standard InChI is InChI=1S/C9H21NOS/c1-4-6-9(10)7-12(11)8(3)5-2/h8-9H,4-7,10H2,1-3H3. The van der Waals surface area contributed by atoms with E-state index >= 15 is 0 Å². The zero-order valence-corrected chi connectivity index (χ0v) is 9.19. The molecule has 0 amide bonds. The Balaban J connectivity index is 3.67. The Kier molecular flexibility index (Phi) is 6.67. The van der Waals surface area contributed by atoms with Crippen LogP contribution in [0.15, 0.2) is 0 Å². The molecule has 0 aromatic rings. The third kappa shape index (κ3) is 4.88. The first-order valence-electron chi connectivity index (χ1n) is 4.74. The second-order valence-corrected chi connectivity index (χ2v) is 5.21. The van der Waals surface area contributed by atoms with Crippen molar-refractivity contribution in [3.8, 4) is 0 Å². The summed E-state index contributed by atoms with van der Waals surface area (Å²) < 4.78 is 11.5. The largest absolute Gasteiger partial charge is 0.327 e. The fourth-order valence-corrected chi connectivity index (χ4v) is 2.30. The van der Waals surface area contributed by atoms with Crippen molar-refractivity contribution in [2.75, 3.05) is 5.75 Å². The first-order chi connectivity index (χ1) is 5.61.